The molecule has 0 bridgehead atoms. The van der Waals surface area contributed by atoms with Gasteiger partial charge in [-0.2, -0.15) is 17.7 Å². The third kappa shape index (κ3) is 3.33. The standard InChI is InChI=1S/C16H17F3N6O2/c17-16(18,19)15-22-21-12-6-5-11(23-25(12)15)20-9-1-3-10(4-2-9)24-13(26)7-8-14(24)27/h5-6,9-10H,1-4,7-8H2,(H,20,23). The lowest BCUT2D eigenvalue weighted by Crippen LogP contribution is -2.43. The molecule has 0 spiro atoms. The van der Waals surface area contributed by atoms with Crippen molar-refractivity contribution in [2.24, 2.45) is 0 Å². The number of carbonyl (C=O) groups is 2. The molecule has 0 atom stereocenters. The molecule has 1 saturated carbocycles. The maximum Gasteiger partial charge on any atom is 0.453 e. The van der Waals surface area contributed by atoms with E-state index in [-0.39, 0.29) is 42.4 Å². The van der Waals surface area contributed by atoms with E-state index < -0.39 is 12.0 Å². The quantitative estimate of drug-likeness (QED) is 0.817. The molecule has 144 valence electrons. The van der Waals surface area contributed by atoms with Crippen LogP contribution in [0, 0.1) is 0 Å². The van der Waals surface area contributed by atoms with Crippen LogP contribution in [0.15, 0.2) is 12.1 Å². The van der Waals surface area contributed by atoms with Gasteiger partial charge in [-0.05, 0) is 37.8 Å². The number of amides is 2. The highest BCUT2D eigenvalue weighted by Gasteiger charge is 2.38. The maximum atomic E-state index is 13.0. The van der Waals surface area contributed by atoms with Crippen LogP contribution in [0.4, 0.5) is 19.0 Å². The molecule has 1 saturated heterocycles. The Morgan fingerprint density at radius 1 is 1.00 bits per heavy atom. The second kappa shape index (κ2) is 6.46. The normalized spacial score (nSPS) is 24.0. The van der Waals surface area contributed by atoms with Crippen LogP contribution >= 0.6 is 0 Å². The Balaban J connectivity index is 1.43. The molecule has 0 radical (unpaired) electrons. The lowest BCUT2D eigenvalue weighted by Gasteiger charge is -2.33. The average molecular weight is 382 g/mol. The van der Waals surface area contributed by atoms with Crippen LogP contribution in [0.5, 0.6) is 0 Å². The molecule has 2 aliphatic rings. The SMILES string of the molecule is O=C1CCC(=O)N1C1CCC(Nc2ccc3nnc(C(F)(F)F)n3n2)CC1. The molecule has 2 fully saturated rings. The summed E-state index contributed by atoms with van der Waals surface area (Å²) >= 11 is 0. The summed E-state index contributed by atoms with van der Waals surface area (Å²) in [5, 5.41) is 13.7. The van der Waals surface area contributed by atoms with Gasteiger partial charge in [0.25, 0.3) is 5.82 Å². The molecule has 3 heterocycles. The molecule has 1 N–H and O–H groups in total. The summed E-state index contributed by atoms with van der Waals surface area (Å²) in [5.41, 5.74) is 0.0163. The Hall–Kier alpha value is -2.72. The number of nitrogens with one attached hydrogen (secondary N) is 1. The van der Waals surface area contributed by atoms with Crippen molar-refractivity contribution in [3.63, 3.8) is 0 Å². The fourth-order valence-electron chi connectivity index (χ4n) is 3.73. The molecule has 4 rings (SSSR count). The molecule has 2 aromatic heterocycles. The van der Waals surface area contributed by atoms with Crippen molar-refractivity contribution in [2.75, 3.05) is 5.32 Å². The van der Waals surface area contributed by atoms with Crippen LogP contribution < -0.4 is 5.32 Å². The number of hydrogen-bond acceptors (Lipinski definition) is 6. The summed E-state index contributed by atoms with van der Waals surface area (Å²) in [7, 11) is 0. The first-order valence-electron chi connectivity index (χ1n) is 8.74. The Bertz CT molecular complexity index is 872. The summed E-state index contributed by atoms with van der Waals surface area (Å²) in [6.07, 6.45) is -1.37. The third-order valence-corrected chi connectivity index (χ3v) is 5.02. The van der Waals surface area contributed by atoms with Gasteiger partial charge in [-0.25, -0.2) is 0 Å². The number of hydrogen-bond donors (Lipinski definition) is 1. The summed E-state index contributed by atoms with van der Waals surface area (Å²) in [5.74, 6) is -1.10. The van der Waals surface area contributed by atoms with Crippen molar-refractivity contribution in [3.05, 3.63) is 18.0 Å². The van der Waals surface area contributed by atoms with Crippen LogP contribution in [-0.4, -0.2) is 48.6 Å². The van der Waals surface area contributed by atoms with Gasteiger partial charge in [-0.3, -0.25) is 14.5 Å². The molecular formula is C16H17F3N6O2. The van der Waals surface area contributed by atoms with Crippen molar-refractivity contribution >= 4 is 23.3 Å². The Labute approximate surface area is 151 Å². The van der Waals surface area contributed by atoms with Gasteiger partial charge in [0, 0.05) is 24.9 Å². The van der Waals surface area contributed by atoms with E-state index in [9.17, 15) is 22.8 Å². The number of imide groups is 1. The van der Waals surface area contributed by atoms with E-state index >= 15 is 0 Å². The van der Waals surface area contributed by atoms with Crippen molar-refractivity contribution in [1.82, 2.24) is 24.7 Å². The first-order chi connectivity index (χ1) is 12.8. The fraction of sp³-hybridized carbons (Fsp3) is 0.562. The smallest absolute Gasteiger partial charge is 0.366 e. The highest BCUT2D eigenvalue weighted by molar-refractivity contribution is 6.02. The molecular weight excluding hydrogens is 365 g/mol. The Morgan fingerprint density at radius 2 is 1.67 bits per heavy atom. The van der Waals surface area contributed by atoms with E-state index in [1.54, 1.807) is 6.07 Å². The van der Waals surface area contributed by atoms with E-state index in [2.05, 4.69) is 20.6 Å². The molecule has 2 aromatic rings. The lowest BCUT2D eigenvalue weighted by atomic mass is 9.90. The zero-order valence-corrected chi connectivity index (χ0v) is 14.2. The molecule has 0 unspecified atom stereocenters. The zero-order chi connectivity index (χ0) is 19.2. The van der Waals surface area contributed by atoms with Crippen molar-refractivity contribution < 1.29 is 22.8 Å². The number of carbonyl (C=O) groups excluding carboxylic acids is 2. The monoisotopic (exact) mass is 382 g/mol. The zero-order valence-electron chi connectivity index (χ0n) is 14.2. The van der Waals surface area contributed by atoms with Gasteiger partial charge in [-0.1, -0.05) is 0 Å². The van der Waals surface area contributed by atoms with E-state index in [0.717, 1.165) is 0 Å². The minimum absolute atomic E-state index is 0.00447. The predicted octanol–water partition coefficient (Wildman–Crippen LogP) is 2.02. The molecule has 2 amide bonds. The second-order valence-corrected chi connectivity index (χ2v) is 6.82. The van der Waals surface area contributed by atoms with Gasteiger partial charge in [-0.15, -0.1) is 15.3 Å². The highest BCUT2D eigenvalue weighted by Crippen LogP contribution is 2.30. The van der Waals surface area contributed by atoms with Gasteiger partial charge in [0.1, 0.15) is 5.82 Å². The number of likely N-dealkylation sites (tertiary alicyclic amines) is 1. The highest BCUT2D eigenvalue weighted by atomic mass is 19.4. The summed E-state index contributed by atoms with van der Waals surface area (Å²) < 4.78 is 39.5. The van der Waals surface area contributed by atoms with E-state index in [0.29, 0.717) is 36.0 Å². The molecule has 11 heteroatoms. The molecule has 1 aliphatic carbocycles. The lowest BCUT2D eigenvalue weighted by molar-refractivity contribution is -0.146. The number of alkyl halides is 3. The third-order valence-electron chi connectivity index (χ3n) is 5.02. The summed E-state index contributed by atoms with van der Waals surface area (Å²) in [6.45, 7) is 0. The summed E-state index contributed by atoms with van der Waals surface area (Å²) in [6, 6.07) is 2.90. The van der Waals surface area contributed by atoms with Crippen LogP contribution in [0.1, 0.15) is 44.3 Å². The average Bonchev–Trinajstić information content (AvgIpc) is 3.19. The topological polar surface area (TPSA) is 92.5 Å². The second-order valence-electron chi connectivity index (χ2n) is 6.82. The Morgan fingerprint density at radius 3 is 2.30 bits per heavy atom. The predicted molar refractivity (Wildman–Crippen MR) is 86.5 cm³/mol. The first-order valence-corrected chi connectivity index (χ1v) is 8.74. The summed E-state index contributed by atoms with van der Waals surface area (Å²) in [4.78, 5) is 25.1. The van der Waals surface area contributed by atoms with E-state index in [1.165, 1.54) is 11.0 Å². The van der Waals surface area contributed by atoms with Crippen molar-refractivity contribution in [2.45, 2.75) is 56.8 Å². The van der Waals surface area contributed by atoms with Crippen LogP contribution in [0.3, 0.4) is 0 Å². The number of halogens is 3. The molecule has 1 aliphatic heterocycles. The van der Waals surface area contributed by atoms with E-state index in [1.807, 2.05) is 0 Å². The van der Waals surface area contributed by atoms with E-state index in [4.69, 9.17) is 0 Å². The number of rotatable bonds is 3. The van der Waals surface area contributed by atoms with Gasteiger partial charge >= 0.3 is 6.18 Å². The molecule has 0 aromatic carbocycles. The van der Waals surface area contributed by atoms with Crippen molar-refractivity contribution in [1.29, 1.82) is 0 Å². The number of fused-ring (bicyclic) bond motifs is 1. The van der Waals surface area contributed by atoms with Gasteiger partial charge < -0.3 is 5.32 Å². The number of nitrogens with zero attached hydrogens (tertiary/aromatic N) is 5. The van der Waals surface area contributed by atoms with Gasteiger partial charge in [0.05, 0.1) is 0 Å². The van der Waals surface area contributed by atoms with Crippen molar-refractivity contribution in [3.8, 4) is 0 Å². The number of anilines is 1. The number of aromatic nitrogens is 4. The van der Waals surface area contributed by atoms with Crippen LogP contribution in [0.25, 0.3) is 5.65 Å². The maximum absolute atomic E-state index is 13.0. The Kier molecular flexibility index (Phi) is 4.23. The fourth-order valence-corrected chi connectivity index (χ4v) is 3.73. The minimum atomic E-state index is -4.64. The largest absolute Gasteiger partial charge is 0.453 e. The minimum Gasteiger partial charge on any atom is -0.366 e. The van der Waals surface area contributed by atoms with Crippen LogP contribution in [0.2, 0.25) is 0 Å². The van der Waals surface area contributed by atoms with Gasteiger partial charge in [0.2, 0.25) is 11.8 Å². The van der Waals surface area contributed by atoms with Crippen LogP contribution in [-0.2, 0) is 15.8 Å². The first kappa shape index (κ1) is 17.7. The molecule has 8 nitrogen and oxygen atoms in total. The van der Waals surface area contributed by atoms with Gasteiger partial charge in [0.15, 0.2) is 5.65 Å². The molecule has 27 heavy (non-hydrogen) atoms.